The summed E-state index contributed by atoms with van der Waals surface area (Å²) in [4.78, 5) is 190. The molecule has 14 atom stereocenters. The number of aliphatic hydroxyl groups is 4. The van der Waals surface area contributed by atoms with E-state index in [2.05, 4.69) is 160 Å². The van der Waals surface area contributed by atoms with E-state index in [-0.39, 0.29) is 68.9 Å². The van der Waals surface area contributed by atoms with E-state index in [0.717, 1.165) is 24.5 Å². The van der Waals surface area contributed by atoms with Gasteiger partial charge in [0.05, 0.1) is 13.2 Å². The normalized spacial score (nSPS) is 23.2. The number of hydrogen-bond acceptors (Lipinski definition) is 24. The van der Waals surface area contributed by atoms with Crippen LogP contribution in [0.15, 0.2) is 208 Å². The topological polar surface area (TPSA) is 476 Å². The van der Waals surface area contributed by atoms with E-state index in [1.54, 1.807) is 24.6 Å². The van der Waals surface area contributed by atoms with Crippen molar-refractivity contribution in [3.05, 3.63) is 237 Å². The first kappa shape index (κ1) is 94.3. The lowest BCUT2D eigenvalue weighted by atomic mass is 9.71. The smallest absolute Gasteiger partial charge is 0.351 e. The minimum Gasteiger partial charge on any atom is -0.394 e. The molecule has 3 aromatic carbocycles. The largest absolute Gasteiger partial charge is 0.394 e. The van der Waals surface area contributed by atoms with Crippen molar-refractivity contribution in [1.82, 2.24) is 69.9 Å². The van der Waals surface area contributed by atoms with Crippen LogP contribution < -0.4 is 43.3 Å². The predicted molar refractivity (Wildman–Crippen MR) is 460 cm³/mol. The molecule has 8 aliphatic heterocycles. The second kappa shape index (κ2) is 41.9. The van der Waals surface area contributed by atoms with Crippen LogP contribution in [0.2, 0.25) is 0 Å². The number of carbonyl (C=O) groups is 10. The van der Waals surface area contributed by atoms with Crippen molar-refractivity contribution in [2.45, 2.75) is 200 Å². The Balaban J connectivity index is 0.000000183. The highest BCUT2D eigenvalue weighted by atomic mass is 19.3. The van der Waals surface area contributed by atoms with Gasteiger partial charge in [-0.05, 0) is 125 Å². The van der Waals surface area contributed by atoms with Gasteiger partial charge in [-0.3, -0.25) is 77.0 Å². The Morgan fingerprint density at radius 1 is 0.462 bits per heavy atom. The van der Waals surface area contributed by atoms with E-state index in [1.165, 1.54) is 99.2 Å². The van der Waals surface area contributed by atoms with Crippen LogP contribution in [-0.4, -0.2) is 265 Å². The summed E-state index contributed by atoms with van der Waals surface area (Å²) in [7, 11) is 0. The number of amides is 10. The van der Waals surface area contributed by atoms with Crippen LogP contribution in [0.1, 0.15) is 148 Å². The standard InChI is InChI=1S/2C35H41F2N9O9.C20H18/c2*1-19(40-28(49)20-8-12-38-13-9-20)31(52)44-14-3-6-23(44)29(50)41-22(17-21-5-2-11-39-21)32(53)45-15-4-7-24(45)30(51)42-26-10-16-46(34(54)43-26)33-35(36,37)27(48)25(18-47)55-33;1-20(17-11-5-2-6-12-17,18-13-7-3-8-14-18)19-15-9-4-10-16-19/h2*5,8-13,16,19,22-25,27,33,47-48H,2-4,6-7,14-15,17-18H2,1H3,(H,40,49)(H,41,50)(H,42,43,51,54);2-16H,1H3/t2*19-,22+,23+,24-,25?,27?,33?;/m11./s1. The molecule has 6 unspecified atom stereocenters. The van der Waals surface area contributed by atoms with Gasteiger partial charge >= 0.3 is 23.2 Å². The van der Waals surface area contributed by atoms with Gasteiger partial charge < -0.3 is 81.4 Å². The first-order valence-electron chi connectivity index (χ1n) is 42.7. The summed E-state index contributed by atoms with van der Waals surface area (Å²) >= 11 is 0. The molecule has 4 aromatic heterocycles. The first-order valence-corrected chi connectivity index (χ1v) is 42.7. The van der Waals surface area contributed by atoms with Crippen LogP contribution in [0, 0.1) is 0 Å². The Kier molecular flexibility index (Phi) is 30.4. The fraction of sp³-hybridized carbons (Fsp3) is 0.422. The van der Waals surface area contributed by atoms with E-state index >= 15 is 0 Å². The molecule has 8 aliphatic rings. The van der Waals surface area contributed by atoms with Crippen LogP contribution >= 0.6 is 0 Å². The van der Waals surface area contributed by atoms with E-state index in [0.29, 0.717) is 83.0 Å². The highest BCUT2D eigenvalue weighted by Gasteiger charge is 2.61. The van der Waals surface area contributed by atoms with Gasteiger partial charge in [-0.1, -0.05) is 103 Å². The van der Waals surface area contributed by atoms with Crippen molar-refractivity contribution < 1.29 is 95.4 Å². The summed E-state index contributed by atoms with van der Waals surface area (Å²) in [5, 5.41) is 53.9. The average Bonchev–Trinajstić information content (AvgIpc) is 1.76. The molecule has 0 spiro atoms. The molecule has 36 nitrogen and oxygen atoms in total. The molecule has 15 rings (SSSR count). The van der Waals surface area contributed by atoms with Crippen LogP contribution in [0.25, 0.3) is 0 Å². The van der Waals surface area contributed by atoms with Gasteiger partial charge in [0, 0.05) is 129 Å². The number of nitrogens with one attached hydrogen (secondary N) is 6. The number of rotatable bonds is 27. The molecule has 7 aromatic rings. The van der Waals surface area contributed by atoms with Crippen LogP contribution in [-0.2, 0) is 53.2 Å². The SMILES string of the molecule is CC(c1ccccc1)(c1ccccc1)c1ccccc1.C[C@@H](NC(=O)c1ccncc1)C(=O)N1CCC[C@H]1C(=O)N[C@@H](CC1=CCC=N1)C(=O)N1CCC[C@@H]1C(=O)Nc1ccn(C2OC(CO)C(O)C2(F)F)c(=O)n1.C[C@@H](NC(=O)c1ccncc1)C(=O)N1CCC[C@H]1C(=O)N[C@@H](CC1=CCC=N1)C(=O)N1CCC[C@@H]1C(=O)Nc1ccn(C2OC(CO)C(O)C2(F)F)c(=O)n1. The number of anilines is 2. The number of halogens is 4. The van der Waals surface area contributed by atoms with Crippen molar-refractivity contribution in [3.8, 4) is 0 Å². The third kappa shape index (κ3) is 21.2. The summed E-state index contributed by atoms with van der Waals surface area (Å²) in [6, 6.07) is 32.1. The van der Waals surface area contributed by atoms with E-state index in [9.17, 15) is 95.5 Å². The van der Waals surface area contributed by atoms with Gasteiger partial charge in [-0.2, -0.15) is 27.5 Å². The van der Waals surface area contributed by atoms with Gasteiger partial charge in [0.25, 0.3) is 11.8 Å². The number of likely N-dealkylation sites (tertiary alicyclic amines) is 4. The van der Waals surface area contributed by atoms with E-state index in [1.807, 2.05) is 0 Å². The van der Waals surface area contributed by atoms with Crippen molar-refractivity contribution in [1.29, 1.82) is 0 Å². The van der Waals surface area contributed by atoms with Crippen molar-refractivity contribution in [2.24, 2.45) is 9.98 Å². The zero-order valence-electron chi connectivity index (χ0n) is 71.1. The summed E-state index contributed by atoms with van der Waals surface area (Å²) in [5.74, 6) is -14.1. The molecular weight excluding hydrogens is 1700 g/mol. The van der Waals surface area contributed by atoms with E-state index < -0.39 is 181 Å². The number of carbonyl (C=O) groups excluding carboxylic acids is 10. The zero-order valence-corrected chi connectivity index (χ0v) is 71.1. The maximum absolute atomic E-state index is 14.6. The van der Waals surface area contributed by atoms with E-state index in [4.69, 9.17) is 9.47 Å². The fourth-order valence-electron chi connectivity index (χ4n) is 17.0. The molecule has 6 saturated heterocycles. The zero-order chi connectivity index (χ0) is 92.7. The van der Waals surface area contributed by atoms with Crippen LogP contribution in [0.3, 0.4) is 0 Å². The number of ether oxygens (including phenoxy) is 2. The summed E-state index contributed by atoms with van der Waals surface area (Å²) in [6.07, 6.45) is 6.03. The number of nitrogens with zero attached hydrogens (tertiary/aromatic N) is 12. The average molecular weight is 1800 g/mol. The Hall–Kier alpha value is -13.3. The number of benzene rings is 3. The van der Waals surface area contributed by atoms with Gasteiger partial charge in [0.1, 0.15) is 72.2 Å². The van der Waals surface area contributed by atoms with Crippen LogP contribution in [0.5, 0.6) is 0 Å². The molecule has 0 radical (unpaired) electrons. The maximum atomic E-state index is 14.6. The number of allylic oxidation sites excluding steroid dienone is 2. The number of aliphatic hydroxyl groups excluding tert-OH is 4. The van der Waals surface area contributed by atoms with Crippen molar-refractivity contribution >= 4 is 83.1 Å². The Labute approximate surface area is 742 Å². The molecule has 686 valence electrons. The summed E-state index contributed by atoms with van der Waals surface area (Å²) in [5.41, 5.74) is 3.09. The lowest BCUT2D eigenvalue weighted by Crippen LogP contribution is -2.57. The Morgan fingerprint density at radius 3 is 1.08 bits per heavy atom. The Bertz CT molecular complexity index is 5160. The quantitative estimate of drug-likeness (QED) is 0.0256. The third-order valence-electron chi connectivity index (χ3n) is 24.0. The monoisotopic (exact) mass is 1800 g/mol. The predicted octanol–water partition coefficient (Wildman–Crippen LogP) is 4.03. The third-order valence-corrected chi connectivity index (χ3v) is 24.0. The lowest BCUT2D eigenvalue weighted by Gasteiger charge is -2.31. The highest BCUT2D eigenvalue weighted by molar-refractivity contribution is 6.02. The molecule has 6 fully saturated rings. The maximum Gasteiger partial charge on any atom is 0.351 e. The van der Waals surface area contributed by atoms with Crippen molar-refractivity contribution in [3.63, 3.8) is 0 Å². The van der Waals surface area contributed by atoms with Crippen molar-refractivity contribution in [2.75, 3.05) is 50.0 Å². The van der Waals surface area contributed by atoms with Gasteiger partial charge in [0.15, 0.2) is 12.2 Å². The number of aliphatic imine (C=N–C) groups is 2. The molecule has 130 heavy (non-hydrogen) atoms. The minimum atomic E-state index is -3.93. The molecule has 10 N–H and O–H groups in total. The molecule has 40 heteroatoms. The highest BCUT2D eigenvalue weighted by Crippen LogP contribution is 2.44. The fourth-order valence-corrected chi connectivity index (χ4v) is 17.0. The molecule has 0 aliphatic carbocycles. The number of alkyl halides is 4. The van der Waals surface area contributed by atoms with Crippen LogP contribution in [0.4, 0.5) is 29.2 Å². The second-order valence-electron chi connectivity index (χ2n) is 32.5. The molecule has 0 saturated carbocycles. The molecular formula is C90H100F4N18O18. The lowest BCUT2D eigenvalue weighted by molar-refractivity contribution is -0.143. The van der Waals surface area contributed by atoms with Gasteiger partial charge in [0.2, 0.25) is 59.7 Å². The summed E-state index contributed by atoms with van der Waals surface area (Å²) < 4.78 is 69.4. The molecule has 0 bridgehead atoms. The first-order chi connectivity index (χ1) is 62.4. The minimum absolute atomic E-state index is 0.00443. The number of pyridine rings is 2. The molecule has 12 heterocycles. The number of aromatic nitrogens is 6. The van der Waals surface area contributed by atoms with Gasteiger partial charge in [-0.25, -0.2) is 9.59 Å². The Morgan fingerprint density at radius 2 is 0.785 bits per heavy atom. The second-order valence-corrected chi connectivity index (χ2v) is 32.5. The molecule has 10 amide bonds. The summed E-state index contributed by atoms with van der Waals surface area (Å²) in [6.45, 7) is 4.34. The van der Waals surface area contributed by atoms with Gasteiger partial charge in [-0.15, -0.1) is 0 Å². The number of hydrogen-bond donors (Lipinski definition) is 10.